The lowest BCUT2D eigenvalue weighted by Crippen LogP contribution is -2.32. The van der Waals surface area contributed by atoms with Crippen LogP contribution in [0.25, 0.3) is 0 Å². The molecular formula is C25H23NO6. The summed E-state index contributed by atoms with van der Waals surface area (Å²) in [5.74, 6) is -0.701. The SMILES string of the molecule is COc1cccc(C(=O)COC(=O)c2cccc(N3C(=O)[C@@H]4[C@H]5CC[C@@H](C5)[C@H]4C3=O)c2)c1. The van der Waals surface area contributed by atoms with E-state index in [1.165, 1.54) is 24.1 Å². The third-order valence-corrected chi connectivity index (χ3v) is 6.99. The third-order valence-electron chi connectivity index (χ3n) is 6.99. The molecule has 164 valence electrons. The highest BCUT2D eigenvalue weighted by atomic mass is 16.5. The summed E-state index contributed by atoms with van der Waals surface area (Å²) in [5.41, 5.74) is 0.935. The maximum atomic E-state index is 13.0. The fourth-order valence-corrected chi connectivity index (χ4v) is 5.53. The molecule has 0 radical (unpaired) electrons. The first-order chi connectivity index (χ1) is 15.5. The van der Waals surface area contributed by atoms with Gasteiger partial charge in [-0.05, 0) is 61.4 Å². The standard InChI is InChI=1S/C25H23NO6/c1-31-19-7-3-4-14(12-19)20(27)13-32-25(30)17-5-2-6-18(11-17)26-23(28)21-15-8-9-16(10-15)22(21)24(26)29/h2-7,11-12,15-16,21-22H,8-10,13H2,1H3/t15-,16-,21+,22+/m0/s1. The molecule has 1 saturated heterocycles. The van der Waals surface area contributed by atoms with Crippen LogP contribution < -0.4 is 9.64 Å². The number of anilines is 1. The second-order valence-electron chi connectivity index (χ2n) is 8.68. The Hall–Kier alpha value is -3.48. The predicted molar refractivity (Wildman–Crippen MR) is 114 cm³/mol. The van der Waals surface area contributed by atoms with Crippen LogP contribution in [0.4, 0.5) is 5.69 Å². The molecule has 2 saturated carbocycles. The largest absolute Gasteiger partial charge is 0.497 e. The number of benzene rings is 2. The quantitative estimate of drug-likeness (QED) is 0.395. The first kappa shape index (κ1) is 20.4. The number of fused-ring (bicyclic) bond motifs is 5. The van der Waals surface area contributed by atoms with Crippen molar-refractivity contribution in [3.8, 4) is 5.75 Å². The Labute approximate surface area is 185 Å². The number of ketones is 1. The summed E-state index contributed by atoms with van der Waals surface area (Å²) < 4.78 is 10.3. The number of carbonyl (C=O) groups excluding carboxylic acids is 4. The zero-order chi connectivity index (χ0) is 22.4. The molecule has 2 aromatic rings. The molecule has 1 aliphatic heterocycles. The minimum atomic E-state index is -0.692. The summed E-state index contributed by atoms with van der Waals surface area (Å²) in [6, 6.07) is 12.9. The van der Waals surface area contributed by atoms with Crippen LogP contribution in [-0.4, -0.2) is 37.3 Å². The van der Waals surface area contributed by atoms with E-state index in [4.69, 9.17) is 9.47 Å². The number of amides is 2. The number of methoxy groups -OCH3 is 1. The molecule has 0 N–H and O–H groups in total. The molecule has 0 spiro atoms. The Morgan fingerprint density at radius 2 is 1.59 bits per heavy atom. The first-order valence-corrected chi connectivity index (χ1v) is 10.8. The molecular weight excluding hydrogens is 410 g/mol. The number of esters is 1. The highest BCUT2D eigenvalue weighted by molar-refractivity contribution is 6.22. The van der Waals surface area contributed by atoms with Crippen LogP contribution in [0.5, 0.6) is 5.75 Å². The number of ether oxygens (including phenoxy) is 2. The molecule has 32 heavy (non-hydrogen) atoms. The number of imide groups is 1. The number of Topliss-reactive ketones (excluding diaryl/α,β-unsaturated/α-hetero) is 1. The van der Waals surface area contributed by atoms with Crippen molar-refractivity contribution in [3.05, 3.63) is 59.7 Å². The van der Waals surface area contributed by atoms with Gasteiger partial charge in [0.15, 0.2) is 12.4 Å². The molecule has 7 nitrogen and oxygen atoms in total. The fourth-order valence-electron chi connectivity index (χ4n) is 5.53. The van der Waals surface area contributed by atoms with E-state index in [0.29, 0.717) is 28.8 Å². The van der Waals surface area contributed by atoms with Crippen LogP contribution in [0.1, 0.15) is 40.0 Å². The molecule has 3 fully saturated rings. The number of hydrogen-bond donors (Lipinski definition) is 0. The molecule has 5 rings (SSSR count). The Morgan fingerprint density at radius 1 is 0.938 bits per heavy atom. The van der Waals surface area contributed by atoms with Crippen LogP contribution in [0.15, 0.2) is 48.5 Å². The molecule has 2 amide bonds. The van der Waals surface area contributed by atoms with Crippen molar-refractivity contribution in [2.75, 3.05) is 18.6 Å². The summed E-state index contributed by atoms with van der Waals surface area (Å²) in [6.45, 7) is -0.425. The average molecular weight is 433 g/mol. The highest BCUT2D eigenvalue weighted by Crippen LogP contribution is 2.56. The molecule has 2 bridgehead atoms. The maximum Gasteiger partial charge on any atom is 0.338 e. The molecule has 2 aliphatic carbocycles. The lowest BCUT2D eigenvalue weighted by atomic mass is 9.81. The Morgan fingerprint density at radius 3 is 2.28 bits per heavy atom. The van der Waals surface area contributed by atoms with Crippen molar-refractivity contribution in [2.24, 2.45) is 23.7 Å². The van der Waals surface area contributed by atoms with Gasteiger partial charge in [0.25, 0.3) is 0 Å². The second-order valence-corrected chi connectivity index (χ2v) is 8.68. The number of carbonyl (C=O) groups is 4. The summed E-state index contributed by atoms with van der Waals surface area (Å²) >= 11 is 0. The molecule has 0 unspecified atom stereocenters. The molecule has 2 aromatic carbocycles. The third kappa shape index (κ3) is 3.28. The van der Waals surface area contributed by atoms with E-state index in [2.05, 4.69) is 0 Å². The van der Waals surface area contributed by atoms with Gasteiger partial charge >= 0.3 is 5.97 Å². The Balaban J connectivity index is 1.29. The van der Waals surface area contributed by atoms with Crippen molar-refractivity contribution in [2.45, 2.75) is 19.3 Å². The molecule has 1 heterocycles. The van der Waals surface area contributed by atoms with E-state index >= 15 is 0 Å². The molecule has 4 atom stereocenters. The van der Waals surface area contributed by atoms with Crippen LogP contribution >= 0.6 is 0 Å². The molecule has 3 aliphatic rings. The lowest BCUT2D eigenvalue weighted by molar-refractivity contribution is -0.123. The van der Waals surface area contributed by atoms with Crippen molar-refractivity contribution < 1.29 is 28.7 Å². The molecule has 7 heteroatoms. The smallest absolute Gasteiger partial charge is 0.338 e. The second kappa shape index (κ2) is 7.89. The fraction of sp³-hybridized carbons (Fsp3) is 0.360. The van der Waals surface area contributed by atoms with Gasteiger partial charge in [-0.2, -0.15) is 0 Å². The van der Waals surface area contributed by atoms with Crippen molar-refractivity contribution in [1.82, 2.24) is 0 Å². The maximum absolute atomic E-state index is 13.0. The van der Waals surface area contributed by atoms with Gasteiger partial charge in [-0.3, -0.25) is 19.3 Å². The number of hydrogen-bond acceptors (Lipinski definition) is 6. The molecule has 0 aromatic heterocycles. The van der Waals surface area contributed by atoms with Gasteiger partial charge in [0, 0.05) is 5.56 Å². The summed E-state index contributed by atoms with van der Waals surface area (Å²) in [5, 5.41) is 0. The number of nitrogens with zero attached hydrogens (tertiary/aromatic N) is 1. The van der Waals surface area contributed by atoms with Crippen molar-refractivity contribution >= 4 is 29.3 Å². The monoisotopic (exact) mass is 433 g/mol. The van der Waals surface area contributed by atoms with Crippen LogP contribution in [-0.2, 0) is 14.3 Å². The van der Waals surface area contributed by atoms with E-state index in [-0.39, 0.29) is 35.0 Å². The summed E-state index contributed by atoms with van der Waals surface area (Å²) in [7, 11) is 1.50. The minimum absolute atomic E-state index is 0.161. The van der Waals surface area contributed by atoms with Gasteiger partial charge in [0.1, 0.15) is 5.75 Å². The van der Waals surface area contributed by atoms with Gasteiger partial charge in [-0.25, -0.2) is 4.79 Å². The van der Waals surface area contributed by atoms with Crippen molar-refractivity contribution in [1.29, 1.82) is 0 Å². The van der Waals surface area contributed by atoms with E-state index < -0.39 is 12.6 Å². The van der Waals surface area contributed by atoms with Crippen LogP contribution in [0.3, 0.4) is 0 Å². The Kier molecular flexibility index (Phi) is 5.04. The first-order valence-electron chi connectivity index (χ1n) is 10.8. The predicted octanol–water partition coefficient (Wildman–Crippen LogP) is 3.27. The summed E-state index contributed by atoms with van der Waals surface area (Å²) in [6.07, 6.45) is 2.98. The van der Waals surface area contributed by atoms with Crippen LogP contribution in [0.2, 0.25) is 0 Å². The van der Waals surface area contributed by atoms with Gasteiger partial charge in [0.2, 0.25) is 11.8 Å². The minimum Gasteiger partial charge on any atom is -0.497 e. The van der Waals surface area contributed by atoms with E-state index in [1.54, 1.807) is 36.4 Å². The van der Waals surface area contributed by atoms with Crippen LogP contribution in [0, 0.1) is 23.7 Å². The lowest BCUT2D eigenvalue weighted by Gasteiger charge is -2.19. The zero-order valence-corrected chi connectivity index (χ0v) is 17.7. The van der Waals surface area contributed by atoms with Gasteiger partial charge in [0.05, 0.1) is 30.2 Å². The number of rotatable bonds is 6. The van der Waals surface area contributed by atoms with Gasteiger partial charge in [-0.1, -0.05) is 18.2 Å². The van der Waals surface area contributed by atoms with E-state index in [1.807, 2.05) is 0 Å². The Bertz CT molecular complexity index is 1100. The highest BCUT2D eigenvalue weighted by Gasteiger charge is 2.61. The van der Waals surface area contributed by atoms with Gasteiger partial charge < -0.3 is 9.47 Å². The topological polar surface area (TPSA) is 90.0 Å². The van der Waals surface area contributed by atoms with Crippen molar-refractivity contribution in [3.63, 3.8) is 0 Å². The van der Waals surface area contributed by atoms with Gasteiger partial charge in [-0.15, -0.1) is 0 Å². The normalized spacial score (nSPS) is 25.7. The van der Waals surface area contributed by atoms with E-state index in [0.717, 1.165) is 19.3 Å². The zero-order valence-electron chi connectivity index (χ0n) is 17.7. The van der Waals surface area contributed by atoms with E-state index in [9.17, 15) is 19.2 Å². The summed E-state index contributed by atoms with van der Waals surface area (Å²) in [4.78, 5) is 52.2. The average Bonchev–Trinajstić information content (AvgIpc) is 3.51.